The molecule has 0 aliphatic carbocycles. The second-order valence-corrected chi connectivity index (χ2v) is 6.32. The quantitative estimate of drug-likeness (QED) is 0.809. The molecule has 4 heteroatoms. The molecule has 1 rings (SSSR count). The SMILES string of the molecule is CCCN(CC1CCNCC1)C(=O)NC(C)(C)C. The van der Waals surface area contributed by atoms with Crippen molar-refractivity contribution in [2.75, 3.05) is 26.2 Å². The third-order valence-corrected chi connectivity index (χ3v) is 3.20. The van der Waals surface area contributed by atoms with Crippen LogP contribution in [-0.4, -0.2) is 42.6 Å². The van der Waals surface area contributed by atoms with Gasteiger partial charge < -0.3 is 15.5 Å². The Kier molecular flexibility index (Phi) is 5.93. The molecule has 4 nitrogen and oxygen atoms in total. The van der Waals surface area contributed by atoms with E-state index in [2.05, 4.69) is 17.6 Å². The number of rotatable bonds is 4. The minimum Gasteiger partial charge on any atom is -0.333 e. The summed E-state index contributed by atoms with van der Waals surface area (Å²) < 4.78 is 0. The smallest absolute Gasteiger partial charge is 0.317 e. The van der Waals surface area contributed by atoms with Crippen molar-refractivity contribution < 1.29 is 4.79 Å². The van der Waals surface area contributed by atoms with E-state index >= 15 is 0 Å². The van der Waals surface area contributed by atoms with Gasteiger partial charge in [0.15, 0.2) is 0 Å². The largest absolute Gasteiger partial charge is 0.333 e. The Morgan fingerprint density at radius 3 is 2.44 bits per heavy atom. The summed E-state index contributed by atoms with van der Waals surface area (Å²) in [7, 11) is 0. The average molecular weight is 255 g/mol. The molecule has 1 heterocycles. The number of carbonyl (C=O) groups excluding carboxylic acids is 1. The monoisotopic (exact) mass is 255 g/mol. The molecule has 18 heavy (non-hydrogen) atoms. The normalized spacial score (nSPS) is 17.6. The predicted molar refractivity (Wildman–Crippen MR) is 75.7 cm³/mol. The van der Waals surface area contributed by atoms with Crippen LogP contribution in [0.3, 0.4) is 0 Å². The van der Waals surface area contributed by atoms with Crippen molar-refractivity contribution in [3.05, 3.63) is 0 Å². The van der Waals surface area contributed by atoms with Gasteiger partial charge in [0, 0.05) is 18.6 Å². The number of nitrogens with one attached hydrogen (secondary N) is 2. The first-order chi connectivity index (χ1) is 8.42. The van der Waals surface area contributed by atoms with Crippen molar-refractivity contribution in [1.29, 1.82) is 0 Å². The van der Waals surface area contributed by atoms with Gasteiger partial charge in [-0.3, -0.25) is 0 Å². The highest BCUT2D eigenvalue weighted by Gasteiger charge is 2.22. The van der Waals surface area contributed by atoms with Crippen LogP contribution in [0.5, 0.6) is 0 Å². The van der Waals surface area contributed by atoms with E-state index in [4.69, 9.17) is 0 Å². The van der Waals surface area contributed by atoms with Crippen molar-refractivity contribution in [1.82, 2.24) is 15.5 Å². The summed E-state index contributed by atoms with van der Waals surface area (Å²) in [6.07, 6.45) is 3.38. The van der Waals surface area contributed by atoms with E-state index in [0.29, 0.717) is 5.92 Å². The molecule has 0 saturated carbocycles. The van der Waals surface area contributed by atoms with E-state index in [1.165, 1.54) is 12.8 Å². The van der Waals surface area contributed by atoms with Crippen molar-refractivity contribution in [3.8, 4) is 0 Å². The van der Waals surface area contributed by atoms with Crippen LogP contribution in [0, 0.1) is 5.92 Å². The molecule has 0 spiro atoms. The fourth-order valence-electron chi connectivity index (χ4n) is 2.32. The zero-order valence-electron chi connectivity index (χ0n) is 12.4. The first kappa shape index (κ1) is 15.3. The molecular weight excluding hydrogens is 226 g/mol. The molecule has 1 saturated heterocycles. The predicted octanol–water partition coefficient (Wildman–Crippen LogP) is 2.21. The summed E-state index contributed by atoms with van der Waals surface area (Å²) in [4.78, 5) is 14.2. The maximum Gasteiger partial charge on any atom is 0.317 e. The summed E-state index contributed by atoms with van der Waals surface area (Å²) >= 11 is 0. The number of piperidine rings is 1. The minimum absolute atomic E-state index is 0.0860. The minimum atomic E-state index is -0.156. The Bertz CT molecular complexity index is 254. The second kappa shape index (κ2) is 6.98. The van der Waals surface area contributed by atoms with E-state index in [1.807, 2.05) is 25.7 Å². The van der Waals surface area contributed by atoms with E-state index in [1.54, 1.807) is 0 Å². The van der Waals surface area contributed by atoms with Gasteiger partial charge in [0.1, 0.15) is 0 Å². The van der Waals surface area contributed by atoms with E-state index in [9.17, 15) is 4.79 Å². The molecule has 2 N–H and O–H groups in total. The lowest BCUT2D eigenvalue weighted by molar-refractivity contribution is 0.172. The summed E-state index contributed by atoms with van der Waals surface area (Å²) in [6, 6.07) is 0.0860. The van der Waals surface area contributed by atoms with Crippen molar-refractivity contribution in [2.45, 2.75) is 52.5 Å². The van der Waals surface area contributed by atoms with Crippen LogP contribution in [0.1, 0.15) is 47.0 Å². The van der Waals surface area contributed by atoms with Crippen LogP contribution in [0.2, 0.25) is 0 Å². The number of amides is 2. The van der Waals surface area contributed by atoms with Gasteiger partial charge >= 0.3 is 6.03 Å². The Balaban J connectivity index is 2.49. The zero-order valence-corrected chi connectivity index (χ0v) is 12.4. The average Bonchev–Trinajstić information content (AvgIpc) is 2.27. The summed E-state index contributed by atoms with van der Waals surface area (Å²) in [5.41, 5.74) is -0.156. The van der Waals surface area contributed by atoms with Gasteiger partial charge in [0.2, 0.25) is 0 Å². The molecule has 0 aromatic carbocycles. The number of hydrogen-bond donors (Lipinski definition) is 2. The maximum atomic E-state index is 12.2. The highest BCUT2D eigenvalue weighted by molar-refractivity contribution is 5.74. The Morgan fingerprint density at radius 2 is 1.94 bits per heavy atom. The van der Waals surface area contributed by atoms with Gasteiger partial charge in [-0.05, 0) is 59.0 Å². The van der Waals surface area contributed by atoms with Gasteiger partial charge in [0.05, 0.1) is 0 Å². The number of urea groups is 1. The Labute approximate surface area is 111 Å². The molecular formula is C14H29N3O. The molecule has 106 valence electrons. The van der Waals surface area contributed by atoms with Gasteiger partial charge in [-0.15, -0.1) is 0 Å². The molecule has 1 fully saturated rings. The van der Waals surface area contributed by atoms with Crippen molar-refractivity contribution in [2.24, 2.45) is 5.92 Å². The third-order valence-electron chi connectivity index (χ3n) is 3.20. The molecule has 0 aromatic rings. The molecule has 0 radical (unpaired) electrons. The lowest BCUT2D eigenvalue weighted by Gasteiger charge is -2.32. The lowest BCUT2D eigenvalue weighted by atomic mass is 9.97. The first-order valence-corrected chi connectivity index (χ1v) is 7.20. The van der Waals surface area contributed by atoms with E-state index in [-0.39, 0.29) is 11.6 Å². The molecule has 2 amide bonds. The Hall–Kier alpha value is -0.770. The standard InChI is InChI=1S/C14H29N3O/c1-5-10-17(13(18)16-14(2,3)4)11-12-6-8-15-9-7-12/h12,15H,5-11H2,1-4H3,(H,16,18). The van der Waals surface area contributed by atoms with E-state index < -0.39 is 0 Å². The molecule has 0 aromatic heterocycles. The highest BCUT2D eigenvalue weighted by Crippen LogP contribution is 2.14. The van der Waals surface area contributed by atoms with Crippen LogP contribution in [0.25, 0.3) is 0 Å². The molecule has 1 aliphatic rings. The maximum absolute atomic E-state index is 12.2. The zero-order chi connectivity index (χ0) is 13.6. The van der Waals surface area contributed by atoms with Crippen LogP contribution in [0.4, 0.5) is 4.79 Å². The van der Waals surface area contributed by atoms with Crippen molar-refractivity contribution in [3.63, 3.8) is 0 Å². The summed E-state index contributed by atoms with van der Waals surface area (Å²) in [6.45, 7) is 12.1. The van der Waals surface area contributed by atoms with E-state index in [0.717, 1.165) is 32.6 Å². The summed E-state index contributed by atoms with van der Waals surface area (Å²) in [5, 5.41) is 6.43. The second-order valence-electron chi connectivity index (χ2n) is 6.32. The van der Waals surface area contributed by atoms with Gasteiger partial charge in [-0.2, -0.15) is 0 Å². The fourth-order valence-corrected chi connectivity index (χ4v) is 2.32. The van der Waals surface area contributed by atoms with Gasteiger partial charge in [-0.25, -0.2) is 4.79 Å². The topological polar surface area (TPSA) is 44.4 Å². The van der Waals surface area contributed by atoms with Gasteiger partial charge in [-0.1, -0.05) is 6.92 Å². The van der Waals surface area contributed by atoms with Crippen LogP contribution < -0.4 is 10.6 Å². The fraction of sp³-hybridized carbons (Fsp3) is 0.929. The highest BCUT2D eigenvalue weighted by atomic mass is 16.2. The number of nitrogens with zero attached hydrogens (tertiary/aromatic N) is 1. The van der Waals surface area contributed by atoms with Gasteiger partial charge in [0.25, 0.3) is 0 Å². The molecule has 0 bridgehead atoms. The molecule has 0 atom stereocenters. The van der Waals surface area contributed by atoms with Crippen LogP contribution >= 0.6 is 0 Å². The molecule has 1 aliphatic heterocycles. The Morgan fingerprint density at radius 1 is 1.33 bits per heavy atom. The first-order valence-electron chi connectivity index (χ1n) is 7.20. The molecule has 0 unspecified atom stereocenters. The number of carbonyl (C=O) groups is 1. The lowest BCUT2D eigenvalue weighted by Crippen LogP contribution is -2.50. The number of hydrogen-bond acceptors (Lipinski definition) is 2. The third kappa shape index (κ3) is 5.71. The van der Waals surface area contributed by atoms with Crippen LogP contribution in [-0.2, 0) is 0 Å². The van der Waals surface area contributed by atoms with Crippen molar-refractivity contribution >= 4 is 6.03 Å². The summed E-state index contributed by atoms with van der Waals surface area (Å²) in [5.74, 6) is 0.656. The van der Waals surface area contributed by atoms with Crippen LogP contribution in [0.15, 0.2) is 0 Å².